The first-order valence-electron chi connectivity index (χ1n) is 8.88. The molecule has 0 amide bonds. The number of halogens is 3. The van der Waals surface area contributed by atoms with Crippen molar-refractivity contribution in [1.82, 2.24) is 10.2 Å². The van der Waals surface area contributed by atoms with E-state index in [2.05, 4.69) is 35.7 Å². The molecule has 1 saturated heterocycles. The fourth-order valence-electron chi connectivity index (χ4n) is 4.08. The van der Waals surface area contributed by atoms with Crippen molar-refractivity contribution >= 4 is 0 Å². The second kappa shape index (κ2) is 6.80. The molecule has 0 bridgehead atoms. The Balaban J connectivity index is 1.39. The zero-order valence-corrected chi connectivity index (χ0v) is 15.1. The average molecular weight is 356 g/mol. The number of nitrogens with zero attached hydrogens (tertiary/aromatic N) is 1. The van der Waals surface area contributed by atoms with Gasteiger partial charge in [-0.25, -0.2) is 0 Å². The van der Waals surface area contributed by atoms with Crippen LogP contribution in [0, 0.1) is 23.2 Å². The molecule has 3 rings (SSSR count). The summed E-state index contributed by atoms with van der Waals surface area (Å²) in [5.41, 5.74) is 1.15. The number of likely N-dealkylation sites (tertiary alicyclic amines) is 1. The highest BCUT2D eigenvalue weighted by atomic mass is 19.4. The topological polar surface area (TPSA) is 24.5 Å². The van der Waals surface area contributed by atoms with Gasteiger partial charge in [0.05, 0.1) is 0 Å². The van der Waals surface area contributed by atoms with Crippen molar-refractivity contribution in [3.8, 4) is 5.75 Å². The Labute approximate surface area is 147 Å². The van der Waals surface area contributed by atoms with E-state index < -0.39 is 6.36 Å². The molecule has 1 N–H and O–H groups in total. The lowest BCUT2D eigenvalue weighted by Crippen LogP contribution is -2.34. The first-order chi connectivity index (χ1) is 11.6. The number of hydrogen-bond donors (Lipinski definition) is 1. The van der Waals surface area contributed by atoms with Crippen molar-refractivity contribution < 1.29 is 17.9 Å². The first-order valence-corrected chi connectivity index (χ1v) is 8.88. The van der Waals surface area contributed by atoms with Gasteiger partial charge in [-0.15, -0.1) is 13.2 Å². The number of fused-ring (bicyclic) bond motifs is 1. The van der Waals surface area contributed by atoms with Gasteiger partial charge in [-0.1, -0.05) is 32.9 Å². The van der Waals surface area contributed by atoms with Crippen LogP contribution in [0.1, 0.15) is 26.3 Å². The molecular weight excluding hydrogens is 329 g/mol. The van der Waals surface area contributed by atoms with Crippen molar-refractivity contribution in [2.75, 3.05) is 26.2 Å². The Kier molecular flexibility index (Phi) is 5.04. The average Bonchev–Trinajstić information content (AvgIpc) is 2.89. The second-order valence-electron chi connectivity index (χ2n) is 8.57. The van der Waals surface area contributed by atoms with Crippen LogP contribution in [0.4, 0.5) is 13.2 Å². The Bertz CT molecular complexity index is 585. The molecule has 25 heavy (non-hydrogen) atoms. The van der Waals surface area contributed by atoms with Crippen LogP contribution in [0.5, 0.6) is 5.75 Å². The molecule has 1 aliphatic carbocycles. The molecular formula is C19H27F3N2O. The molecule has 0 aromatic heterocycles. The molecule has 6 heteroatoms. The summed E-state index contributed by atoms with van der Waals surface area (Å²) >= 11 is 0. The first kappa shape index (κ1) is 18.5. The molecule has 1 heterocycles. The lowest BCUT2D eigenvalue weighted by molar-refractivity contribution is -0.274. The van der Waals surface area contributed by atoms with Crippen molar-refractivity contribution in [3.63, 3.8) is 0 Å². The number of nitrogens with one attached hydrogen (secondary N) is 1. The number of alkyl halides is 3. The third-order valence-corrected chi connectivity index (χ3v) is 4.99. The Hall–Kier alpha value is -1.27. The quantitative estimate of drug-likeness (QED) is 0.837. The Morgan fingerprint density at radius 3 is 2.44 bits per heavy atom. The second-order valence-corrected chi connectivity index (χ2v) is 8.57. The SMILES string of the molecule is CC(C)(C)CN1CC2C(CNCc3cccc(OC(F)(F)F)c3)C2C1. The highest BCUT2D eigenvalue weighted by Gasteiger charge is 2.55. The fourth-order valence-corrected chi connectivity index (χ4v) is 4.08. The maximum absolute atomic E-state index is 12.3. The van der Waals surface area contributed by atoms with E-state index in [4.69, 9.17) is 0 Å². The third-order valence-electron chi connectivity index (χ3n) is 4.99. The number of piperidine rings is 1. The van der Waals surface area contributed by atoms with E-state index in [1.165, 1.54) is 25.2 Å². The lowest BCUT2D eigenvalue weighted by Gasteiger charge is -2.28. The van der Waals surface area contributed by atoms with E-state index in [0.29, 0.717) is 17.9 Å². The summed E-state index contributed by atoms with van der Waals surface area (Å²) in [7, 11) is 0. The molecule has 3 nitrogen and oxygen atoms in total. The van der Waals surface area contributed by atoms with Gasteiger partial charge in [-0.3, -0.25) is 0 Å². The van der Waals surface area contributed by atoms with Crippen LogP contribution in [0.25, 0.3) is 0 Å². The molecule has 140 valence electrons. The van der Waals surface area contributed by atoms with Gasteiger partial charge in [0.2, 0.25) is 0 Å². The van der Waals surface area contributed by atoms with Crippen molar-refractivity contribution in [3.05, 3.63) is 29.8 Å². The van der Waals surface area contributed by atoms with E-state index in [0.717, 1.165) is 30.5 Å². The Morgan fingerprint density at radius 1 is 1.16 bits per heavy atom. The van der Waals surface area contributed by atoms with Gasteiger partial charge < -0.3 is 15.0 Å². The summed E-state index contributed by atoms with van der Waals surface area (Å²) in [5.74, 6) is 2.13. The fraction of sp³-hybridized carbons (Fsp3) is 0.684. The predicted octanol–water partition coefficient (Wildman–Crippen LogP) is 3.90. The summed E-state index contributed by atoms with van der Waals surface area (Å²) in [6, 6.07) is 6.18. The van der Waals surface area contributed by atoms with Crippen LogP contribution in [-0.2, 0) is 6.54 Å². The highest BCUT2D eigenvalue weighted by Crippen LogP contribution is 2.51. The molecule has 2 aliphatic rings. The van der Waals surface area contributed by atoms with Crippen LogP contribution in [-0.4, -0.2) is 37.4 Å². The smallest absolute Gasteiger partial charge is 0.406 e. The standard InChI is InChI=1S/C19H27F3N2O/c1-18(2,3)12-24-10-16-15(17(16)11-24)9-23-8-13-5-4-6-14(7-13)25-19(20,21)22/h4-7,15-17,23H,8-12H2,1-3H3. The minimum atomic E-state index is -4.64. The van der Waals surface area contributed by atoms with Gasteiger partial charge in [0.25, 0.3) is 0 Å². The molecule has 1 aliphatic heterocycles. The number of ether oxygens (including phenoxy) is 1. The number of rotatable bonds is 6. The predicted molar refractivity (Wildman–Crippen MR) is 91.2 cm³/mol. The molecule has 2 atom stereocenters. The van der Waals surface area contributed by atoms with Gasteiger partial charge in [-0.2, -0.15) is 0 Å². The summed E-state index contributed by atoms with van der Waals surface area (Å²) in [6.45, 7) is 11.8. The van der Waals surface area contributed by atoms with Crippen molar-refractivity contribution in [2.45, 2.75) is 33.7 Å². The van der Waals surface area contributed by atoms with Crippen molar-refractivity contribution in [1.29, 1.82) is 0 Å². The zero-order valence-electron chi connectivity index (χ0n) is 15.1. The minimum absolute atomic E-state index is 0.159. The molecule has 2 fully saturated rings. The third kappa shape index (κ3) is 5.35. The Morgan fingerprint density at radius 2 is 1.84 bits per heavy atom. The van der Waals surface area contributed by atoms with Crippen LogP contribution < -0.4 is 10.1 Å². The highest BCUT2D eigenvalue weighted by molar-refractivity contribution is 5.28. The van der Waals surface area contributed by atoms with Crippen LogP contribution in [0.15, 0.2) is 24.3 Å². The summed E-state index contributed by atoms with van der Waals surface area (Å²) < 4.78 is 40.8. The van der Waals surface area contributed by atoms with E-state index in [1.54, 1.807) is 6.07 Å². The summed E-state index contributed by atoms with van der Waals surface area (Å²) in [6.07, 6.45) is -4.64. The van der Waals surface area contributed by atoms with Gasteiger partial charge in [0.1, 0.15) is 5.75 Å². The largest absolute Gasteiger partial charge is 0.573 e. The molecule has 1 saturated carbocycles. The van der Waals surface area contributed by atoms with Crippen LogP contribution >= 0.6 is 0 Å². The van der Waals surface area contributed by atoms with E-state index >= 15 is 0 Å². The molecule has 0 radical (unpaired) electrons. The maximum atomic E-state index is 12.3. The number of hydrogen-bond acceptors (Lipinski definition) is 3. The van der Waals surface area contributed by atoms with E-state index in [9.17, 15) is 13.2 Å². The van der Waals surface area contributed by atoms with Gasteiger partial charge in [0.15, 0.2) is 0 Å². The molecule has 0 spiro atoms. The van der Waals surface area contributed by atoms with Crippen molar-refractivity contribution in [2.24, 2.45) is 23.2 Å². The summed E-state index contributed by atoms with van der Waals surface area (Å²) in [4.78, 5) is 2.56. The van der Waals surface area contributed by atoms with Crippen LogP contribution in [0.3, 0.4) is 0 Å². The minimum Gasteiger partial charge on any atom is -0.406 e. The molecule has 2 unspecified atom stereocenters. The molecule has 1 aromatic rings. The lowest BCUT2D eigenvalue weighted by atomic mass is 9.96. The number of benzene rings is 1. The zero-order chi connectivity index (χ0) is 18.2. The van der Waals surface area contributed by atoms with Crippen LogP contribution in [0.2, 0.25) is 0 Å². The van der Waals surface area contributed by atoms with Gasteiger partial charge >= 0.3 is 6.36 Å². The monoisotopic (exact) mass is 356 g/mol. The maximum Gasteiger partial charge on any atom is 0.573 e. The van der Waals surface area contributed by atoms with E-state index in [-0.39, 0.29) is 5.75 Å². The normalized spacial score (nSPS) is 26.6. The summed E-state index contributed by atoms with van der Waals surface area (Å²) in [5, 5.41) is 3.39. The van der Waals surface area contributed by atoms with Gasteiger partial charge in [0, 0.05) is 26.2 Å². The van der Waals surface area contributed by atoms with E-state index in [1.807, 2.05) is 6.07 Å². The molecule has 1 aromatic carbocycles. The van der Waals surface area contributed by atoms with Gasteiger partial charge in [-0.05, 0) is 47.4 Å².